The van der Waals surface area contributed by atoms with Crippen LogP contribution >= 0.6 is 15.9 Å². The van der Waals surface area contributed by atoms with Crippen molar-refractivity contribution in [2.24, 2.45) is 11.7 Å². The largest absolute Gasteiger partial charge is 0.327 e. The fraction of sp³-hybridized carbons (Fsp3) is 0.600. The van der Waals surface area contributed by atoms with Crippen molar-refractivity contribution in [3.63, 3.8) is 0 Å². The second-order valence-electron chi connectivity index (χ2n) is 5.75. The third-order valence-electron chi connectivity index (χ3n) is 4.10. The maximum absolute atomic E-state index is 6.47. The van der Waals surface area contributed by atoms with Crippen molar-refractivity contribution < 1.29 is 0 Å². The Labute approximate surface area is 113 Å². The molecule has 1 aliphatic carbocycles. The zero-order valence-electron chi connectivity index (χ0n) is 10.7. The van der Waals surface area contributed by atoms with Crippen LogP contribution in [-0.2, 0) is 5.41 Å². The van der Waals surface area contributed by atoms with E-state index in [2.05, 4.69) is 54.0 Å². The van der Waals surface area contributed by atoms with Crippen molar-refractivity contribution in [1.29, 1.82) is 0 Å². The van der Waals surface area contributed by atoms with Gasteiger partial charge in [-0.2, -0.15) is 0 Å². The van der Waals surface area contributed by atoms with E-state index < -0.39 is 0 Å². The van der Waals surface area contributed by atoms with Crippen molar-refractivity contribution in [1.82, 2.24) is 0 Å². The van der Waals surface area contributed by atoms with E-state index in [1.54, 1.807) is 0 Å². The Balaban J connectivity index is 2.22. The van der Waals surface area contributed by atoms with Gasteiger partial charge in [0.25, 0.3) is 0 Å². The van der Waals surface area contributed by atoms with Gasteiger partial charge in [0.15, 0.2) is 0 Å². The number of nitrogens with two attached hydrogens (primary N) is 1. The standard InChI is InChI=1S/C15H22BrN/c1-11(2)10-14(17)15(8-3-9-15)12-4-6-13(16)7-5-12/h4-7,11,14H,3,8-10,17H2,1-2H3. The first-order valence-electron chi connectivity index (χ1n) is 6.56. The van der Waals surface area contributed by atoms with Crippen LogP contribution in [0.15, 0.2) is 28.7 Å². The molecule has 0 saturated heterocycles. The zero-order chi connectivity index (χ0) is 12.5. The first kappa shape index (κ1) is 13.1. The normalized spacial score (nSPS) is 20.1. The van der Waals surface area contributed by atoms with E-state index in [1.165, 1.54) is 24.8 Å². The lowest BCUT2D eigenvalue weighted by Gasteiger charge is -2.47. The Morgan fingerprint density at radius 2 is 1.82 bits per heavy atom. The van der Waals surface area contributed by atoms with E-state index in [4.69, 9.17) is 5.73 Å². The molecule has 0 aromatic heterocycles. The van der Waals surface area contributed by atoms with E-state index >= 15 is 0 Å². The van der Waals surface area contributed by atoms with Crippen LogP contribution in [0.2, 0.25) is 0 Å². The average molecular weight is 296 g/mol. The quantitative estimate of drug-likeness (QED) is 0.883. The molecule has 1 unspecified atom stereocenters. The molecule has 17 heavy (non-hydrogen) atoms. The molecule has 1 atom stereocenters. The summed E-state index contributed by atoms with van der Waals surface area (Å²) in [5.74, 6) is 0.679. The van der Waals surface area contributed by atoms with E-state index in [0.717, 1.165) is 10.9 Å². The van der Waals surface area contributed by atoms with Crippen LogP contribution in [0.1, 0.15) is 45.1 Å². The summed E-state index contributed by atoms with van der Waals surface area (Å²) in [6.07, 6.45) is 4.95. The molecule has 0 bridgehead atoms. The van der Waals surface area contributed by atoms with Crippen LogP contribution in [0.5, 0.6) is 0 Å². The van der Waals surface area contributed by atoms with Gasteiger partial charge in [-0.3, -0.25) is 0 Å². The Bertz CT molecular complexity index is 365. The predicted octanol–water partition coefficient (Wildman–Crippen LogP) is 4.24. The number of rotatable bonds is 4. The minimum atomic E-state index is 0.255. The summed E-state index contributed by atoms with van der Waals surface area (Å²) in [7, 11) is 0. The molecule has 2 rings (SSSR count). The summed E-state index contributed by atoms with van der Waals surface area (Å²) in [6.45, 7) is 4.52. The molecule has 0 spiro atoms. The van der Waals surface area contributed by atoms with Crippen LogP contribution in [0.25, 0.3) is 0 Å². The molecule has 1 aromatic rings. The monoisotopic (exact) mass is 295 g/mol. The highest BCUT2D eigenvalue weighted by molar-refractivity contribution is 9.10. The molecule has 0 radical (unpaired) electrons. The van der Waals surface area contributed by atoms with Crippen LogP contribution in [-0.4, -0.2) is 6.04 Å². The zero-order valence-corrected chi connectivity index (χ0v) is 12.3. The summed E-state index contributed by atoms with van der Waals surface area (Å²) in [5.41, 5.74) is 8.16. The van der Waals surface area contributed by atoms with Gasteiger partial charge in [-0.05, 0) is 42.9 Å². The lowest BCUT2D eigenvalue weighted by molar-refractivity contribution is 0.178. The van der Waals surface area contributed by atoms with Gasteiger partial charge in [0.1, 0.15) is 0 Å². The van der Waals surface area contributed by atoms with Crippen molar-refractivity contribution in [3.8, 4) is 0 Å². The predicted molar refractivity (Wildman–Crippen MR) is 77.1 cm³/mol. The Kier molecular flexibility index (Phi) is 3.94. The Hall–Kier alpha value is -0.340. The van der Waals surface area contributed by atoms with E-state index in [1.807, 2.05) is 0 Å². The van der Waals surface area contributed by atoms with Crippen molar-refractivity contribution in [3.05, 3.63) is 34.3 Å². The lowest BCUT2D eigenvalue weighted by Crippen LogP contribution is -2.50. The highest BCUT2D eigenvalue weighted by Crippen LogP contribution is 2.47. The number of halogens is 1. The van der Waals surface area contributed by atoms with Crippen LogP contribution in [0.4, 0.5) is 0 Å². The van der Waals surface area contributed by atoms with Crippen molar-refractivity contribution in [2.75, 3.05) is 0 Å². The molecule has 0 aliphatic heterocycles. The van der Waals surface area contributed by atoms with Gasteiger partial charge >= 0.3 is 0 Å². The molecule has 0 heterocycles. The maximum atomic E-state index is 6.47. The molecule has 0 amide bonds. The molecular formula is C15H22BrN. The number of hydrogen-bond donors (Lipinski definition) is 1. The summed E-state index contributed by atoms with van der Waals surface area (Å²) < 4.78 is 1.15. The molecule has 1 aliphatic rings. The second-order valence-corrected chi connectivity index (χ2v) is 6.67. The van der Waals surface area contributed by atoms with Gasteiger partial charge in [-0.1, -0.05) is 48.3 Å². The third-order valence-corrected chi connectivity index (χ3v) is 4.63. The topological polar surface area (TPSA) is 26.0 Å². The van der Waals surface area contributed by atoms with Crippen LogP contribution in [0.3, 0.4) is 0 Å². The molecule has 2 heteroatoms. The summed E-state index contributed by atoms with van der Waals surface area (Å²) in [5, 5.41) is 0. The van der Waals surface area contributed by atoms with Crippen LogP contribution in [0, 0.1) is 5.92 Å². The minimum Gasteiger partial charge on any atom is -0.327 e. The highest BCUT2D eigenvalue weighted by Gasteiger charge is 2.43. The SMILES string of the molecule is CC(C)CC(N)C1(c2ccc(Br)cc2)CCC1. The first-order chi connectivity index (χ1) is 8.04. The van der Waals surface area contributed by atoms with E-state index in [-0.39, 0.29) is 5.41 Å². The fourth-order valence-corrected chi connectivity index (χ4v) is 3.21. The van der Waals surface area contributed by atoms with Crippen molar-refractivity contribution >= 4 is 15.9 Å². The smallest absolute Gasteiger partial charge is 0.0175 e. The summed E-state index contributed by atoms with van der Waals surface area (Å²) >= 11 is 3.50. The van der Waals surface area contributed by atoms with Gasteiger partial charge in [-0.15, -0.1) is 0 Å². The average Bonchev–Trinajstić information content (AvgIpc) is 2.18. The Morgan fingerprint density at radius 3 is 2.24 bits per heavy atom. The molecule has 1 fully saturated rings. The molecule has 1 saturated carbocycles. The van der Waals surface area contributed by atoms with E-state index in [9.17, 15) is 0 Å². The van der Waals surface area contributed by atoms with E-state index in [0.29, 0.717) is 12.0 Å². The van der Waals surface area contributed by atoms with Crippen LogP contribution < -0.4 is 5.73 Å². The number of benzene rings is 1. The minimum absolute atomic E-state index is 0.255. The summed E-state index contributed by atoms with van der Waals surface area (Å²) in [6, 6.07) is 9.06. The highest BCUT2D eigenvalue weighted by atomic mass is 79.9. The Morgan fingerprint density at radius 1 is 1.24 bits per heavy atom. The van der Waals surface area contributed by atoms with Crippen molar-refractivity contribution in [2.45, 2.75) is 51.0 Å². The fourth-order valence-electron chi connectivity index (χ4n) is 2.95. The van der Waals surface area contributed by atoms with Gasteiger partial charge in [0.2, 0.25) is 0 Å². The molecule has 2 N–H and O–H groups in total. The maximum Gasteiger partial charge on any atom is 0.0175 e. The molecule has 1 nitrogen and oxygen atoms in total. The third kappa shape index (κ3) is 2.58. The first-order valence-corrected chi connectivity index (χ1v) is 7.35. The second kappa shape index (κ2) is 5.11. The number of hydrogen-bond acceptors (Lipinski definition) is 1. The molecular weight excluding hydrogens is 274 g/mol. The van der Waals surface area contributed by atoms with Gasteiger partial charge in [-0.25, -0.2) is 0 Å². The lowest BCUT2D eigenvalue weighted by atomic mass is 9.59. The molecule has 94 valence electrons. The van der Waals surface area contributed by atoms with Gasteiger partial charge < -0.3 is 5.73 Å². The van der Waals surface area contributed by atoms with Gasteiger partial charge in [0, 0.05) is 15.9 Å². The molecule has 1 aromatic carbocycles. The van der Waals surface area contributed by atoms with Gasteiger partial charge in [0.05, 0.1) is 0 Å². The summed E-state index contributed by atoms with van der Waals surface area (Å²) in [4.78, 5) is 0.